The summed E-state index contributed by atoms with van der Waals surface area (Å²) in [5, 5.41) is 5.69. The lowest BCUT2D eigenvalue weighted by Gasteiger charge is -2.16. The highest BCUT2D eigenvalue weighted by molar-refractivity contribution is 6.31. The smallest absolute Gasteiger partial charge is 0.255 e. The van der Waals surface area contributed by atoms with Crippen molar-refractivity contribution in [3.05, 3.63) is 75.9 Å². The highest BCUT2D eigenvalue weighted by Gasteiger charge is 2.30. The molecule has 0 saturated heterocycles. The summed E-state index contributed by atoms with van der Waals surface area (Å²) >= 11 is 5.77. The van der Waals surface area contributed by atoms with E-state index in [1.54, 1.807) is 6.07 Å². The number of nitrogens with one attached hydrogen (secondary N) is 2. The molecule has 1 atom stereocenters. The van der Waals surface area contributed by atoms with Gasteiger partial charge in [0.25, 0.3) is 5.91 Å². The minimum Gasteiger partial charge on any atom is -0.481 e. The highest BCUT2D eigenvalue weighted by atomic mass is 35.5. The summed E-state index contributed by atoms with van der Waals surface area (Å²) in [5.74, 6) is -0.720. The van der Waals surface area contributed by atoms with E-state index in [2.05, 4.69) is 20.6 Å². The van der Waals surface area contributed by atoms with E-state index in [0.717, 1.165) is 0 Å². The molecule has 9 heteroatoms. The summed E-state index contributed by atoms with van der Waals surface area (Å²) in [7, 11) is 1.50. The summed E-state index contributed by atoms with van der Waals surface area (Å²) in [6, 6.07) is 7.83. The molecule has 0 aliphatic heterocycles. The Hall–Kier alpha value is -3.26. The van der Waals surface area contributed by atoms with Gasteiger partial charge < -0.3 is 15.4 Å². The van der Waals surface area contributed by atoms with Crippen LogP contribution in [0.4, 0.5) is 20.4 Å². The molecule has 3 aromatic rings. The van der Waals surface area contributed by atoms with E-state index in [1.165, 1.54) is 43.6 Å². The van der Waals surface area contributed by atoms with Gasteiger partial charge in [-0.2, -0.15) is 4.98 Å². The van der Waals surface area contributed by atoms with Crippen molar-refractivity contribution in [2.24, 2.45) is 0 Å². The van der Waals surface area contributed by atoms with Crippen molar-refractivity contribution in [2.45, 2.75) is 18.9 Å². The van der Waals surface area contributed by atoms with Crippen LogP contribution in [-0.2, 0) is 6.42 Å². The fraction of sp³-hybridized carbons (Fsp3) is 0.190. The summed E-state index contributed by atoms with van der Waals surface area (Å²) in [5.41, 5.74) is 1.72. The molecule has 1 aromatic heterocycles. The van der Waals surface area contributed by atoms with Crippen LogP contribution in [0.3, 0.4) is 0 Å². The lowest BCUT2D eigenvalue weighted by atomic mass is 10.0. The fourth-order valence-corrected chi connectivity index (χ4v) is 3.71. The van der Waals surface area contributed by atoms with Gasteiger partial charge in [0, 0.05) is 29.1 Å². The van der Waals surface area contributed by atoms with Gasteiger partial charge >= 0.3 is 0 Å². The summed E-state index contributed by atoms with van der Waals surface area (Å²) in [6.45, 7) is 0. The van der Waals surface area contributed by atoms with E-state index < -0.39 is 17.5 Å². The molecule has 154 valence electrons. The Morgan fingerprint density at radius 2 is 2.00 bits per heavy atom. The average Bonchev–Trinajstić information content (AvgIpc) is 3.15. The molecule has 1 amide bonds. The fourth-order valence-electron chi connectivity index (χ4n) is 3.53. The number of amides is 1. The maximum atomic E-state index is 14.7. The quantitative estimate of drug-likeness (QED) is 0.610. The van der Waals surface area contributed by atoms with Crippen molar-refractivity contribution in [3.8, 4) is 5.88 Å². The number of ether oxygens (including phenoxy) is 1. The van der Waals surface area contributed by atoms with Gasteiger partial charge in [-0.3, -0.25) is 4.79 Å². The Morgan fingerprint density at radius 1 is 1.20 bits per heavy atom. The van der Waals surface area contributed by atoms with Gasteiger partial charge in [-0.15, -0.1) is 0 Å². The Morgan fingerprint density at radius 3 is 2.77 bits per heavy atom. The van der Waals surface area contributed by atoms with Crippen LogP contribution in [0.25, 0.3) is 0 Å². The molecule has 6 nitrogen and oxygen atoms in total. The lowest BCUT2D eigenvalue weighted by Crippen LogP contribution is -2.16. The molecule has 1 aliphatic carbocycles. The Bertz CT molecular complexity index is 1130. The number of fused-ring (bicyclic) bond motifs is 1. The van der Waals surface area contributed by atoms with E-state index >= 15 is 0 Å². The average molecular weight is 431 g/mol. The van der Waals surface area contributed by atoms with Crippen molar-refractivity contribution in [1.29, 1.82) is 0 Å². The normalized spacial score (nSPS) is 14.9. The minimum absolute atomic E-state index is 0.0975. The maximum absolute atomic E-state index is 14.7. The Kier molecular flexibility index (Phi) is 5.50. The van der Waals surface area contributed by atoms with Crippen molar-refractivity contribution < 1.29 is 18.3 Å². The van der Waals surface area contributed by atoms with Crippen molar-refractivity contribution in [2.75, 3.05) is 17.7 Å². The number of rotatable bonds is 5. The van der Waals surface area contributed by atoms with Gasteiger partial charge in [0.1, 0.15) is 11.6 Å². The molecular weight excluding hydrogens is 414 g/mol. The first-order chi connectivity index (χ1) is 14.5. The van der Waals surface area contributed by atoms with Crippen LogP contribution in [0.2, 0.25) is 5.02 Å². The minimum atomic E-state index is -0.578. The summed E-state index contributed by atoms with van der Waals surface area (Å²) in [4.78, 5) is 21.1. The predicted octanol–water partition coefficient (Wildman–Crippen LogP) is 4.77. The monoisotopic (exact) mass is 430 g/mol. The Labute approximate surface area is 176 Å². The number of carbonyl (C=O) groups excluding carboxylic acids is 1. The summed E-state index contributed by atoms with van der Waals surface area (Å²) < 4.78 is 33.1. The number of hydrogen-bond acceptors (Lipinski definition) is 5. The Balaban J connectivity index is 1.60. The van der Waals surface area contributed by atoms with Crippen LogP contribution in [-0.4, -0.2) is 23.0 Å². The summed E-state index contributed by atoms with van der Waals surface area (Å²) in [6.07, 6.45) is 2.61. The molecular formula is C21H17ClF2N4O2. The third-order valence-electron chi connectivity index (χ3n) is 4.90. The number of benzene rings is 2. The van der Waals surface area contributed by atoms with Crippen LogP contribution >= 0.6 is 11.6 Å². The number of nitrogens with zero attached hydrogens (tertiary/aromatic N) is 2. The molecule has 0 unspecified atom stereocenters. The second kappa shape index (κ2) is 8.23. The SMILES string of the molecule is COc1ccnc(N[C@H]2CCc3c(C(=O)Nc4ccc(F)c(Cl)c4)ccc(F)c32)n1. The molecule has 1 heterocycles. The highest BCUT2D eigenvalue weighted by Crippen LogP contribution is 2.37. The van der Waals surface area contributed by atoms with E-state index in [9.17, 15) is 13.6 Å². The molecule has 30 heavy (non-hydrogen) atoms. The first-order valence-electron chi connectivity index (χ1n) is 9.17. The number of carbonyl (C=O) groups is 1. The molecule has 0 fully saturated rings. The van der Waals surface area contributed by atoms with Gasteiger partial charge in [0.05, 0.1) is 18.2 Å². The standard InChI is InChI=1S/C21H17ClF2N4O2/c1-30-18-8-9-25-21(28-18)27-17-7-4-12-13(3-6-16(24)19(12)17)20(29)26-11-2-5-15(23)14(22)10-11/h2-3,5-6,8-10,17H,4,7H2,1H3,(H,26,29)(H,25,27,28)/t17-/m0/s1. The van der Waals surface area contributed by atoms with E-state index in [-0.39, 0.29) is 11.1 Å². The zero-order valence-corrected chi connectivity index (χ0v) is 16.6. The van der Waals surface area contributed by atoms with E-state index in [1.807, 2.05) is 0 Å². The number of methoxy groups -OCH3 is 1. The van der Waals surface area contributed by atoms with Gasteiger partial charge in [-0.05, 0) is 48.7 Å². The van der Waals surface area contributed by atoms with Crippen LogP contribution in [0.15, 0.2) is 42.6 Å². The first-order valence-corrected chi connectivity index (χ1v) is 9.55. The van der Waals surface area contributed by atoms with Crippen LogP contribution in [0, 0.1) is 11.6 Å². The molecule has 0 radical (unpaired) electrons. The van der Waals surface area contributed by atoms with Crippen molar-refractivity contribution >= 4 is 29.1 Å². The number of hydrogen-bond donors (Lipinski definition) is 2. The molecule has 0 saturated carbocycles. The largest absolute Gasteiger partial charge is 0.481 e. The topological polar surface area (TPSA) is 76.1 Å². The van der Waals surface area contributed by atoms with Crippen LogP contribution < -0.4 is 15.4 Å². The molecule has 4 rings (SSSR count). The number of aromatic nitrogens is 2. The molecule has 0 bridgehead atoms. The van der Waals surface area contributed by atoms with Gasteiger partial charge in [0.15, 0.2) is 0 Å². The van der Waals surface area contributed by atoms with Crippen LogP contribution in [0.1, 0.15) is 33.9 Å². The van der Waals surface area contributed by atoms with Gasteiger partial charge in [0.2, 0.25) is 11.8 Å². The van der Waals surface area contributed by atoms with E-state index in [4.69, 9.17) is 16.3 Å². The second-order valence-electron chi connectivity index (χ2n) is 6.73. The third kappa shape index (κ3) is 3.91. The third-order valence-corrected chi connectivity index (χ3v) is 5.19. The number of anilines is 2. The number of halogens is 3. The predicted molar refractivity (Wildman–Crippen MR) is 109 cm³/mol. The molecule has 2 N–H and O–H groups in total. The van der Waals surface area contributed by atoms with E-state index in [0.29, 0.717) is 47.0 Å². The first kappa shape index (κ1) is 20.0. The van der Waals surface area contributed by atoms with Crippen LogP contribution in [0.5, 0.6) is 5.88 Å². The van der Waals surface area contributed by atoms with Gasteiger partial charge in [-0.25, -0.2) is 13.8 Å². The second-order valence-corrected chi connectivity index (χ2v) is 7.14. The van der Waals surface area contributed by atoms with Gasteiger partial charge in [-0.1, -0.05) is 11.6 Å². The molecule has 2 aromatic carbocycles. The zero-order chi connectivity index (χ0) is 21.3. The zero-order valence-electron chi connectivity index (χ0n) is 15.9. The van der Waals surface area contributed by atoms with Crippen molar-refractivity contribution in [3.63, 3.8) is 0 Å². The lowest BCUT2D eigenvalue weighted by molar-refractivity contribution is 0.102. The van der Waals surface area contributed by atoms with Crippen molar-refractivity contribution in [1.82, 2.24) is 9.97 Å². The maximum Gasteiger partial charge on any atom is 0.255 e. The molecule has 0 spiro atoms. The molecule has 1 aliphatic rings.